The molecule has 8 rings (SSSR count). The van der Waals surface area contributed by atoms with Crippen LogP contribution >= 0.6 is 23.2 Å². The number of imide groups is 2. The highest BCUT2D eigenvalue weighted by Crippen LogP contribution is 2.64. The van der Waals surface area contributed by atoms with Crippen LogP contribution in [0.15, 0.2) is 109 Å². The van der Waals surface area contributed by atoms with Gasteiger partial charge in [0.1, 0.15) is 0 Å². The molecule has 6 atom stereocenters. The summed E-state index contributed by atoms with van der Waals surface area (Å²) in [4.78, 5) is 60.9. The van der Waals surface area contributed by atoms with Crippen molar-refractivity contribution in [3.63, 3.8) is 0 Å². The highest BCUT2D eigenvalue weighted by atomic mass is 35.5. The molecule has 2 heterocycles. The zero-order valence-electron chi connectivity index (χ0n) is 26.3. The molecule has 4 amide bonds. The predicted molar refractivity (Wildman–Crippen MR) is 185 cm³/mol. The van der Waals surface area contributed by atoms with Crippen molar-refractivity contribution in [1.82, 2.24) is 0 Å². The fraction of sp³-hybridized carbons (Fsp3) is 0.231. The van der Waals surface area contributed by atoms with E-state index in [9.17, 15) is 19.5 Å². The van der Waals surface area contributed by atoms with Crippen LogP contribution in [-0.2, 0) is 24.6 Å². The molecule has 1 N–H and O–H groups in total. The Bertz CT molecular complexity index is 2080. The van der Waals surface area contributed by atoms with Gasteiger partial charge in [0.05, 0.1) is 41.7 Å². The molecule has 4 aliphatic rings. The van der Waals surface area contributed by atoms with E-state index in [0.717, 1.165) is 5.57 Å². The van der Waals surface area contributed by atoms with E-state index >= 15 is 4.79 Å². The van der Waals surface area contributed by atoms with Crippen LogP contribution < -0.4 is 14.5 Å². The van der Waals surface area contributed by atoms with Gasteiger partial charge in [-0.25, -0.2) is 4.90 Å². The summed E-state index contributed by atoms with van der Waals surface area (Å²) >= 11 is 12.5. The molecule has 3 fully saturated rings. The zero-order valence-corrected chi connectivity index (χ0v) is 27.8. The first-order valence-corrected chi connectivity index (χ1v) is 16.8. The molecule has 4 aromatic carbocycles. The number of amides is 4. The zero-order chi connectivity index (χ0) is 34.2. The second-order valence-electron chi connectivity index (χ2n) is 13.0. The van der Waals surface area contributed by atoms with Gasteiger partial charge in [0.25, 0.3) is 0 Å². The van der Waals surface area contributed by atoms with Crippen molar-refractivity contribution in [2.75, 3.05) is 16.9 Å². The molecule has 2 aliphatic heterocycles. The number of hydrogen-bond donors (Lipinski definition) is 1. The van der Waals surface area contributed by atoms with Crippen molar-refractivity contribution in [2.24, 2.45) is 23.7 Å². The van der Waals surface area contributed by atoms with E-state index in [1.165, 1.54) is 23.0 Å². The van der Waals surface area contributed by atoms with Crippen molar-refractivity contribution >= 4 is 58.2 Å². The Kier molecular flexibility index (Phi) is 7.42. The van der Waals surface area contributed by atoms with Gasteiger partial charge in [0.2, 0.25) is 23.6 Å². The lowest BCUT2D eigenvalue weighted by Gasteiger charge is -2.50. The van der Waals surface area contributed by atoms with E-state index in [4.69, 9.17) is 27.9 Å². The molecule has 8 nitrogen and oxygen atoms in total. The molecule has 0 aromatic heterocycles. The number of ether oxygens (including phenoxy) is 1. The number of nitrogens with zero attached hydrogens (tertiary/aromatic N) is 2. The van der Waals surface area contributed by atoms with Gasteiger partial charge in [-0.2, -0.15) is 0 Å². The van der Waals surface area contributed by atoms with Gasteiger partial charge >= 0.3 is 0 Å². The summed E-state index contributed by atoms with van der Waals surface area (Å²) in [7, 11) is 1.45. The van der Waals surface area contributed by atoms with Gasteiger partial charge in [0.15, 0.2) is 11.5 Å². The van der Waals surface area contributed by atoms with E-state index in [1.54, 1.807) is 60.7 Å². The Morgan fingerprint density at radius 1 is 0.755 bits per heavy atom. The highest BCUT2D eigenvalue weighted by molar-refractivity contribution is 6.32. The summed E-state index contributed by atoms with van der Waals surface area (Å²) in [5.74, 6) is -4.89. The van der Waals surface area contributed by atoms with Crippen molar-refractivity contribution < 1.29 is 29.0 Å². The lowest BCUT2D eigenvalue weighted by atomic mass is 9.49. The van der Waals surface area contributed by atoms with Crippen LogP contribution in [0.1, 0.15) is 29.9 Å². The molecule has 4 aromatic rings. The second kappa shape index (κ2) is 11.6. The number of allylic oxidation sites excluding steroid dienone is 2. The molecular formula is C39H30Cl2N2O6. The van der Waals surface area contributed by atoms with Crippen LogP contribution in [0.25, 0.3) is 0 Å². The smallest absolute Gasteiger partial charge is 0.246 e. The number of benzene rings is 4. The molecule has 1 saturated carbocycles. The number of carbonyl (C=O) groups excluding carboxylic acids is 4. The van der Waals surface area contributed by atoms with Crippen LogP contribution in [0.4, 0.5) is 11.4 Å². The van der Waals surface area contributed by atoms with Crippen LogP contribution in [0.2, 0.25) is 10.0 Å². The molecule has 10 heteroatoms. The molecule has 2 aliphatic carbocycles. The SMILES string of the molecule is COc1cc(C2C3=CCC4C(=O)N(c5ccc(Cl)cc5)C(=O)C4C3CC3C(=O)N(c4cccc(Cl)c4)C(=O)C32c2ccccc2)ccc1O. The van der Waals surface area contributed by atoms with E-state index in [-0.39, 0.29) is 36.2 Å². The maximum Gasteiger partial charge on any atom is 0.246 e. The maximum absolute atomic E-state index is 15.3. The van der Waals surface area contributed by atoms with Crippen molar-refractivity contribution in [3.05, 3.63) is 130 Å². The third kappa shape index (κ3) is 4.50. The van der Waals surface area contributed by atoms with Gasteiger partial charge in [-0.05, 0) is 84.5 Å². The normalized spacial score (nSPS) is 27.5. The number of phenolic OH excluding ortho intramolecular Hbond substituents is 1. The Balaban J connectivity index is 1.36. The van der Waals surface area contributed by atoms with Crippen LogP contribution in [-0.4, -0.2) is 35.8 Å². The minimum atomic E-state index is -1.43. The van der Waals surface area contributed by atoms with Crippen molar-refractivity contribution in [1.29, 1.82) is 0 Å². The minimum Gasteiger partial charge on any atom is -0.504 e. The summed E-state index contributed by atoms with van der Waals surface area (Å²) in [5, 5.41) is 11.5. The Morgan fingerprint density at radius 3 is 2.22 bits per heavy atom. The number of hydrogen-bond acceptors (Lipinski definition) is 6. The molecule has 2 saturated heterocycles. The monoisotopic (exact) mass is 692 g/mol. The Hall–Kier alpha value is -4.92. The summed E-state index contributed by atoms with van der Waals surface area (Å²) in [6.45, 7) is 0. The van der Waals surface area contributed by atoms with Crippen molar-refractivity contribution in [3.8, 4) is 11.5 Å². The van der Waals surface area contributed by atoms with Crippen LogP contribution in [0.5, 0.6) is 11.5 Å². The third-order valence-electron chi connectivity index (χ3n) is 10.8. The number of halogens is 2. The first kappa shape index (κ1) is 31.4. The number of carbonyl (C=O) groups is 4. The molecule has 0 spiro atoms. The Morgan fingerprint density at radius 2 is 1.51 bits per heavy atom. The Labute approximate surface area is 292 Å². The van der Waals surface area contributed by atoms with Gasteiger partial charge in [-0.15, -0.1) is 0 Å². The third-order valence-corrected chi connectivity index (χ3v) is 11.3. The number of phenols is 1. The number of methoxy groups -OCH3 is 1. The topological polar surface area (TPSA) is 104 Å². The van der Waals surface area contributed by atoms with Crippen LogP contribution in [0.3, 0.4) is 0 Å². The average Bonchev–Trinajstić information content (AvgIpc) is 3.50. The highest BCUT2D eigenvalue weighted by Gasteiger charge is 2.70. The molecule has 246 valence electrons. The molecular weight excluding hydrogens is 663 g/mol. The number of rotatable bonds is 5. The fourth-order valence-electron chi connectivity index (χ4n) is 8.84. The minimum absolute atomic E-state index is 0.0776. The van der Waals surface area contributed by atoms with Gasteiger partial charge < -0.3 is 9.84 Å². The van der Waals surface area contributed by atoms with E-state index in [2.05, 4.69) is 0 Å². The molecule has 0 radical (unpaired) electrons. The number of fused-ring (bicyclic) bond motifs is 4. The molecule has 0 bridgehead atoms. The summed E-state index contributed by atoms with van der Waals surface area (Å²) in [5.41, 5.74) is 1.45. The second-order valence-corrected chi connectivity index (χ2v) is 13.9. The largest absolute Gasteiger partial charge is 0.504 e. The fourth-order valence-corrected chi connectivity index (χ4v) is 9.15. The van der Waals surface area contributed by atoms with Gasteiger partial charge in [-0.3, -0.25) is 24.1 Å². The lowest BCUT2D eigenvalue weighted by Crippen LogP contribution is -2.53. The average molecular weight is 694 g/mol. The van der Waals surface area contributed by atoms with Gasteiger partial charge in [0, 0.05) is 16.0 Å². The predicted octanol–water partition coefficient (Wildman–Crippen LogP) is 7.07. The van der Waals surface area contributed by atoms with Crippen molar-refractivity contribution in [2.45, 2.75) is 24.2 Å². The molecule has 6 unspecified atom stereocenters. The summed E-state index contributed by atoms with van der Waals surface area (Å²) in [6, 6.07) is 27.4. The first-order valence-electron chi connectivity index (χ1n) is 16.1. The van der Waals surface area contributed by atoms with Gasteiger partial charge in [-0.1, -0.05) is 77.3 Å². The molecule has 49 heavy (non-hydrogen) atoms. The lowest BCUT2D eigenvalue weighted by molar-refractivity contribution is -0.127. The number of aromatic hydroxyl groups is 1. The maximum atomic E-state index is 15.3. The summed E-state index contributed by atoms with van der Waals surface area (Å²) < 4.78 is 5.52. The van der Waals surface area contributed by atoms with E-state index in [0.29, 0.717) is 32.5 Å². The quantitative estimate of drug-likeness (QED) is 0.177. The number of anilines is 2. The standard InChI is InChI=1S/C39H30Cl2N2O6/c1-49-32-18-21(10-17-31(32)44)34-27-15-16-28-33(37(47)42(35(28)45)25-13-11-23(40)12-14-25)29(27)20-30-36(46)43(26-9-5-8-24(41)19-26)38(48)39(30,34)22-6-3-2-4-7-22/h2-15,17-19,28-30,33-34,44H,16,20H2,1H3. The van der Waals surface area contributed by atoms with E-state index in [1.807, 2.05) is 36.4 Å². The summed E-state index contributed by atoms with van der Waals surface area (Å²) in [6.07, 6.45) is 2.45. The van der Waals surface area contributed by atoms with E-state index < -0.39 is 46.8 Å². The van der Waals surface area contributed by atoms with Crippen LogP contribution in [0, 0.1) is 23.7 Å². The first-order chi connectivity index (χ1) is 23.7.